The number of amides is 1. The number of ether oxygens (including phenoxy) is 1. The van der Waals surface area contributed by atoms with Crippen LogP contribution in [0.1, 0.15) is 33.7 Å². The standard InChI is InChI=1S/C28H30N6O3/c1-17-25(18(2)37-32-17)20-9-10-23-22(13-20)27(31-26(30-23)28(35)29-21-14-33(3)15-21)34-11-12-36-16-24(34)19-7-5-4-6-8-19/h4-10,13,21,24H,11-12,14-16H2,1-3H3,(H,29,35). The third-order valence-electron chi connectivity index (χ3n) is 7.18. The van der Waals surface area contributed by atoms with Crippen molar-refractivity contribution >= 4 is 22.6 Å². The molecule has 4 heterocycles. The van der Waals surface area contributed by atoms with Crippen LogP contribution >= 0.6 is 0 Å². The molecule has 9 nitrogen and oxygen atoms in total. The second kappa shape index (κ2) is 9.57. The van der Waals surface area contributed by atoms with Crippen LogP contribution in [-0.2, 0) is 4.74 Å². The van der Waals surface area contributed by atoms with Crippen LogP contribution in [0.3, 0.4) is 0 Å². The molecular formula is C28H30N6O3. The maximum atomic E-state index is 13.2. The number of rotatable bonds is 5. The fourth-order valence-electron chi connectivity index (χ4n) is 5.33. The van der Waals surface area contributed by atoms with Crippen molar-refractivity contribution in [2.45, 2.75) is 25.9 Å². The Morgan fingerprint density at radius 3 is 2.62 bits per heavy atom. The molecule has 6 rings (SSSR count). The zero-order chi connectivity index (χ0) is 25.5. The molecule has 0 radical (unpaired) electrons. The molecule has 0 spiro atoms. The van der Waals surface area contributed by atoms with Crippen molar-refractivity contribution in [3.05, 3.63) is 71.4 Å². The highest BCUT2D eigenvalue weighted by Crippen LogP contribution is 2.36. The summed E-state index contributed by atoms with van der Waals surface area (Å²) in [6, 6.07) is 16.4. The third-order valence-corrected chi connectivity index (χ3v) is 7.18. The molecule has 1 N–H and O–H groups in total. The fraction of sp³-hybridized carbons (Fsp3) is 0.357. The summed E-state index contributed by atoms with van der Waals surface area (Å²) in [5.74, 6) is 1.42. The van der Waals surface area contributed by atoms with Gasteiger partial charge in [-0.2, -0.15) is 0 Å². The number of morpholine rings is 1. The van der Waals surface area contributed by atoms with Crippen molar-refractivity contribution in [1.29, 1.82) is 0 Å². The van der Waals surface area contributed by atoms with E-state index in [1.165, 1.54) is 0 Å². The van der Waals surface area contributed by atoms with E-state index in [-0.39, 0.29) is 23.8 Å². The number of likely N-dealkylation sites (N-methyl/N-ethyl adjacent to an activating group) is 1. The van der Waals surface area contributed by atoms with Crippen LogP contribution in [0.25, 0.3) is 22.0 Å². The van der Waals surface area contributed by atoms with Crippen molar-refractivity contribution in [2.75, 3.05) is 44.8 Å². The lowest BCUT2D eigenvalue weighted by molar-refractivity contribution is 0.0847. The predicted octanol–water partition coefficient (Wildman–Crippen LogP) is 3.52. The SMILES string of the molecule is Cc1noc(C)c1-c1ccc2nc(C(=O)NC3CN(C)C3)nc(N3CCOCC3c3ccccc3)c2c1. The third kappa shape index (κ3) is 4.45. The summed E-state index contributed by atoms with van der Waals surface area (Å²) in [4.78, 5) is 27.2. The van der Waals surface area contributed by atoms with E-state index in [2.05, 4.69) is 38.5 Å². The summed E-state index contributed by atoms with van der Waals surface area (Å²) in [5.41, 5.74) is 4.63. The first-order valence-corrected chi connectivity index (χ1v) is 12.6. The number of carbonyl (C=O) groups excluding carboxylic acids is 1. The Balaban J connectivity index is 1.48. The number of hydrogen-bond acceptors (Lipinski definition) is 8. The number of aromatic nitrogens is 3. The van der Waals surface area contributed by atoms with Crippen LogP contribution in [0.4, 0.5) is 5.82 Å². The van der Waals surface area contributed by atoms with Crippen molar-refractivity contribution in [1.82, 2.24) is 25.3 Å². The number of nitrogens with zero attached hydrogens (tertiary/aromatic N) is 5. The van der Waals surface area contributed by atoms with Gasteiger partial charge in [-0.05, 0) is 44.2 Å². The van der Waals surface area contributed by atoms with Gasteiger partial charge in [0.2, 0.25) is 5.82 Å². The van der Waals surface area contributed by atoms with E-state index in [0.29, 0.717) is 19.8 Å². The maximum absolute atomic E-state index is 13.2. The van der Waals surface area contributed by atoms with Gasteiger partial charge in [-0.1, -0.05) is 41.6 Å². The van der Waals surface area contributed by atoms with Gasteiger partial charge in [0, 0.05) is 30.6 Å². The van der Waals surface area contributed by atoms with Gasteiger partial charge in [-0.25, -0.2) is 9.97 Å². The van der Waals surface area contributed by atoms with Crippen LogP contribution in [-0.4, -0.2) is 71.9 Å². The van der Waals surface area contributed by atoms with Gasteiger partial charge in [0.05, 0.1) is 36.5 Å². The summed E-state index contributed by atoms with van der Waals surface area (Å²) in [6.07, 6.45) is 0. The maximum Gasteiger partial charge on any atom is 0.289 e. The molecule has 37 heavy (non-hydrogen) atoms. The number of hydrogen-bond donors (Lipinski definition) is 1. The summed E-state index contributed by atoms with van der Waals surface area (Å²) in [6.45, 7) is 7.26. The lowest BCUT2D eigenvalue weighted by atomic mass is 10.0. The largest absolute Gasteiger partial charge is 0.377 e. The minimum atomic E-state index is -0.249. The van der Waals surface area contributed by atoms with Crippen molar-refractivity contribution in [2.24, 2.45) is 0 Å². The molecule has 4 aromatic rings. The summed E-state index contributed by atoms with van der Waals surface area (Å²) in [7, 11) is 2.03. The molecule has 0 bridgehead atoms. The quantitative estimate of drug-likeness (QED) is 0.447. The smallest absolute Gasteiger partial charge is 0.289 e. The number of benzene rings is 2. The molecule has 0 saturated carbocycles. The highest BCUT2D eigenvalue weighted by Gasteiger charge is 2.30. The number of fused-ring (bicyclic) bond motifs is 1. The predicted molar refractivity (Wildman–Crippen MR) is 141 cm³/mol. The molecule has 1 amide bonds. The van der Waals surface area contributed by atoms with Gasteiger partial charge < -0.3 is 24.4 Å². The van der Waals surface area contributed by atoms with Gasteiger partial charge >= 0.3 is 0 Å². The van der Waals surface area contributed by atoms with E-state index in [4.69, 9.17) is 19.2 Å². The second-order valence-corrected chi connectivity index (χ2v) is 9.89. The van der Waals surface area contributed by atoms with E-state index >= 15 is 0 Å². The summed E-state index contributed by atoms with van der Waals surface area (Å²) in [5, 5.41) is 8.09. The molecule has 2 aliphatic heterocycles. The number of aryl methyl sites for hydroxylation is 2. The molecule has 0 aliphatic carbocycles. The normalized spacial score (nSPS) is 18.7. The number of likely N-dealkylation sites (tertiary alicyclic amines) is 1. The molecule has 190 valence electrons. The van der Waals surface area contributed by atoms with E-state index in [1.54, 1.807) is 0 Å². The van der Waals surface area contributed by atoms with Gasteiger partial charge in [-0.3, -0.25) is 4.79 Å². The molecule has 2 aromatic carbocycles. The minimum Gasteiger partial charge on any atom is -0.377 e. The molecule has 2 saturated heterocycles. The lowest BCUT2D eigenvalue weighted by Crippen LogP contribution is -2.57. The van der Waals surface area contributed by atoms with Gasteiger partial charge in [0.15, 0.2) is 0 Å². The van der Waals surface area contributed by atoms with Crippen LogP contribution in [0.15, 0.2) is 53.1 Å². The first-order chi connectivity index (χ1) is 18.0. The topological polar surface area (TPSA) is 96.6 Å². The highest BCUT2D eigenvalue weighted by molar-refractivity contribution is 5.98. The highest BCUT2D eigenvalue weighted by atomic mass is 16.5. The Morgan fingerprint density at radius 2 is 1.89 bits per heavy atom. The molecule has 2 aliphatic rings. The van der Waals surface area contributed by atoms with Gasteiger partial charge in [-0.15, -0.1) is 0 Å². The van der Waals surface area contributed by atoms with Crippen LogP contribution < -0.4 is 10.2 Å². The monoisotopic (exact) mass is 498 g/mol. The van der Waals surface area contributed by atoms with Crippen LogP contribution in [0, 0.1) is 13.8 Å². The van der Waals surface area contributed by atoms with Gasteiger partial charge in [0.25, 0.3) is 5.91 Å². The zero-order valence-corrected chi connectivity index (χ0v) is 21.3. The minimum absolute atomic E-state index is 0.0352. The Bertz CT molecular complexity index is 1430. The molecular weight excluding hydrogens is 468 g/mol. The zero-order valence-electron chi connectivity index (χ0n) is 21.3. The van der Waals surface area contributed by atoms with E-state index in [0.717, 1.165) is 58.0 Å². The van der Waals surface area contributed by atoms with Crippen molar-refractivity contribution < 1.29 is 14.1 Å². The average Bonchev–Trinajstić information content (AvgIpc) is 3.24. The Labute approximate surface area is 215 Å². The lowest BCUT2D eigenvalue weighted by Gasteiger charge is -2.38. The first-order valence-electron chi connectivity index (χ1n) is 12.6. The number of anilines is 1. The second-order valence-electron chi connectivity index (χ2n) is 9.89. The number of nitrogens with one attached hydrogen (secondary N) is 1. The molecule has 1 unspecified atom stereocenters. The Morgan fingerprint density at radius 1 is 1.08 bits per heavy atom. The molecule has 2 fully saturated rings. The van der Waals surface area contributed by atoms with E-state index in [1.807, 2.05) is 51.2 Å². The molecule has 1 atom stereocenters. The Hall–Kier alpha value is -3.82. The summed E-state index contributed by atoms with van der Waals surface area (Å²) >= 11 is 0. The Kier molecular flexibility index (Phi) is 6.10. The number of carbonyl (C=O) groups is 1. The van der Waals surface area contributed by atoms with Crippen molar-refractivity contribution in [3.8, 4) is 11.1 Å². The van der Waals surface area contributed by atoms with E-state index < -0.39 is 0 Å². The fourth-order valence-corrected chi connectivity index (χ4v) is 5.33. The first kappa shape index (κ1) is 23.6. The van der Waals surface area contributed by atoms with Gasteiger partial charge in [0.1, 0.15) is 11.6 Å². The van der Waals surface area contributed by atoms with Crippen LogP contribution in [0.5, 0.6) is 0 Å². The average molecular weight is 499 g/mol. The summed E-state index contributed by atoms with van der Waals surface area (Å²) < 4.78 is 11.3. The van der Waals surface area contributed by atoms with E-state index in [9.17, 15) is 4.79 Å². The van der Waals surface area contributed by atoms with Crippen LogP contribution in [0.2, 0.25) is 0 Å². The molecule has 9 heteroatoms. The molecule has 2 aromatic heterocycles. The van der Waals surface area contributed by atoms with Crippen molar-refractivity contribution in [3.63, 3.8) is 0 Å².